The zero-order chi connectivity index (χ0) is 14.9. The second-order valence-corrected chi connectivity index (χ2v) is 4.72. The molecule has 2 rings (SSSR count). The third-order valence-corrected chi connectivity index (χ3v) is 3.14. The lowest BCUT2D eigenvalue weighted by atomic mass is 10.3. The number of guanidine groups is 1. The number of nitrogens with one attached hydrogen (secondary N) is 3. The molecule has 0 spiro atoms. The Morgan fingerprint density at radius 1 is 1.29 bits per heavy atom. The van der Waals surface area contributed by atoms with Gasteiger partial charge in [-0.1, -0.05) is 12.1 Å². The van der Waals surface area contributed by atoms with E-state index in [2.05, 4.69) is 25.6 Å². The number of aryl methyl sites for hydroxylation is 1. The summed E-state index contributed by atoms with van der Waals surface area (Å²) in [6, 6.07) is 8.09. The molecule has 1 heterocycles. The Morgan fingerprint density at radius 2 is 2.10 bits per heavy atom. The first kappa shape index (κ1) is 15.3. The van der Waals surface area contributed by atoms with E-state index in [0.29, 0.717) is 6.61 Å². The van der Waals surface area contributed by atoms with Crippen molar-refractivity contribution in [2.75, 3.05) is 33.9 Å². The fourth-order valence-corrected chi connectivity index (χ4v) is 2.08. The molecule has 1 aromatic carbocycles. The van der Waals surface area contributed by atoms with Gasteiger partial charge < -0.3 is 20.4 Å². The normalized spacial score (nSPS) is 11.8. The Kier molecular flexibility index (Phi) is 6.02. The molecule has 0 saturated heterocycles. The molecule has 0 fully saturated rings. The maximum atomic E-state index is 4.99. The van der Waals surface area contributed by atoms with Gasteiger partial charge in [0, 0.05) is 33.7 Å². The summed E-state index contributed by atoms with van der Waals surface area (Å²) in [7, 11) is 3.45. The number of imidazole rings is 1. The minimum Gasteiger partial charge on any atom is -0.383 e. The van der Waals surface area contributed by atoms with Crippen molar-refractivity contribution in [3.63, 3.8) is 0 Å². The number of aromatic amines is 1. The lowest BCUT2D eigenvalue weighted by Gasteiger charge is -2.10. The molecule has 6 nitrogen and oxygen atoms in total. The molecule has 6 heteroatoms. The molecule has 0 aliphatic carbocycles. The van der Waals surface area contributed by atoms with Gasteiger partial charge in [0.05, 0.1) is 17.6 Å². The first-order valence-corrected chi connectivity index (χ1v) is 7.20. The van der Waals surface area contributed by atoms with Crippen LogP contribution in [-0.4, -0.2) is 49.8 Å². The van der Waals surface area contributed by atoms with Crippen molar-refractivity contribution in [1.29, 1.82) is 0 Å². The number of para-hydroxylation sites is 2. The standard InChI is InChI=1S/C15H23N5O/c1-16-15(18-10-11-21-2)17-9-5-8-14-19-12-6-3-4-7-13(12)20-14/h3-4,6-7H,5,8-11H2,1-2H3,(H,19,20)(H2,16,17,18). The minimum absolute atomic E-state index is 0.666. The van der Waals surface area contributed by atoms with Gasteiger partial charge in [-0.15, -0.1) is 0 Å². The van der Waals surface area contributed by atoms with Gasteiger partial charge in [0.15, 0.2) is 5.96 Å². The summed E-state index contributed by atoms with van der Waals surface area (Å²) in [4.78, 5) is 12.1. The molecule has 0 atom stereocenters. The molecule has 0 unspecified atom stereocenters. The molecule has 3 N–H and O–H groups in total. The highest BCUT2D eigenvalue weighted by Gasteiger charge is 2.02. The molecule has 0 saturated carbocycles. The van der Waals surface area contributed by atoms with Gasteiger partial charge in [0.2, 0.25) is 0 Å². The summed E-state index contributed by atoms with van der Waals surface area (Å²) in [6.07, 6.45) is 1.90. The van der Waals surface area contributed by atoms with Crippen LogP contribution in [0.1, 0.15) is 12.2 Å². The number of fused-ring (bicyclic) bond motifs is 1. The predicted octanol–water partition coefficient (Wildman–Crippen LogP) is 1.31. The molecule has 0 aliphatic rings. The Balaban J connectivity index is 1.71. The molecule has 1 aromatic heterocycles. The highest BCUT2D eigenvalue weighted by Crippen LogP contribution is 2.10. The molecular weight excluding hydrogens is 266 g/mol. The van der Waals surface area contributed by atoms with Gasteiger partial charge in [-0.25, -0.2) is 4.98 Å². The second kappa shape index (κ2) is 8.26. The van der Waals surface area contributed by atoms with Gasteiger partial charge in [0.1, 0.15) is 5.82 Å². The molecule has 0 bridgehead atoms. The number of hydrogen-bond donors (Lipinski definition) is 3. The molecule has 2 aromatic rings. The SMILES string of the molecule is CN=C(NCCCc1nc2ccccc2[nH]1)NCCOC. The van der Waals surface area contributed by atoms with Crippen molar-refractivity contribution in [1.82, 2.24) is 20.6 Å². The molecule has 0 aliphatic heterocycles. The first-order valence-electron chi connectivity index (χ1n) is 7.20. The second-order valence-electron chi connectivity index (χ2n) is 4.72. The smallest absolute Gasteiger partial charge is 0.191 e. The largest absolute Gasteiger partial charge is 0.383 e. The van der Waals surface area contributed by atoms with Gasteiger partial charge in [-0.2, -0.15) is 0 Å². The monoisotopic (exact) mass is 289 g/mol. The van der Waals surface area contributed by atoms with E-state index in [1.165, 1.54) is 0 Å². The molecular formula is C15H23N5O. The fraction of sp³-hybridized carbons (Fsp3) is 0.467. The number of benzene rings is 1. The van der Waals surface area contributed by atoms with Gasteiger partial charge in [-0.05, 0) is 18.6 Å². The van der Waals surface area contributed by atoms with E-state index in [9.17, 15) is 0 Å². The summed E-state index contributed by atoms with van der Waals surface area (Å²) in [6.45, 7) is 2.27. The topological polar surface area (TPSA) is 74.3 Å². The van der Waals surface area contributed by atoms with Crippen LogP contribution < -0.4 is 10.6 Å². The number of H-pyrrole nitrogens is 1. The number of ether oxygens (including phenoxy) is 1. The Labute approximate surface area is 125 Å². The van der Waals surface area contributed by atoms with Crippen LogP contribution in [0.25, 0.3) is 11.0 Å². The van der Waals surface area contributed by atoms with Crippen molar-refractivity contribution in [2.24, 2.45) is 4.99 Å². The Bertz CT molecular complexity index is 545. The van der Waals surface area contributed by atoms with Crippen LogP contribution in [-0.2, 0) is 11.2 Å². The first-order chi connectivity index (χ1) is 10.3. The highest BCUT2D eigenvalue weighted by atomic mass is 16.5. The number of aromatic nitrogens is 2. The lowest BCUT2D eigenvalue weighted by molar-refractivity contribution is 0.203. The summed E-state index contributed by atoms with van der Waals surface area (Å²) in [5, 5.41) is 6.45. The maximum Gasteiger partial charge on any atom is 0.191 e. The average Bonchev–Trinajstić information content (AvgIpc) is 2.92. The van der Waals surface area contributed by atoms with Crippen LogP contribution in [0.2, 0.25) is 0 Å². The lowest BCUT2D eigenvalue weighted by Crippen LogP contribution is -2.39. The van der Waals surface area contributed by atoms with Gasteiger partial charge in [0.25, 0.3) is 0 Å². The highest BCUT2D eigenvalue weighted by molar-refractivity contribution is 5.79. The van der Waals surface area contributed by atoms with E-state index < -0.39 is 0 Å². The number of nitrogens with zero attached hydrogens (tertiary/aromatic N) is 2. The molecule has 0 radical (unpaired) electrons. The van der Waals surface area contributed by atoms with E-state index in [4.69, 9.17) is 4.74 Å². The van der Waals surface area contributed by atoms with Crippen LogP contribution in [0.15, 0.2) is 29.3 Å². The van der Waals surface area contributed by atoms with Crippen LogP contribution in [0, 0.1) is 0 Å². The Hall–Kier alpha value is -2.08. The number of rotatable bonds is 7. The van der Waals surface area contributed by atoms with Crippen molar-refractivity contribution in [3.8, 4) is 0 Å². The third kappa shape index (κ3) is 4.75. The maximum absolute atomic E-state index is 4.99. The van der Waals surface area contributed by atoms with Crippen molar-refractivity contribution >= 4 is 17.0 Å². The van der Waals surface area contributed by atoms with Crippen LogP contribution in [0.4, 0.5) is 0 Å². The van der Waals surface area contributed by atoms with Gasteiger partial charge >= 0.3 is 0 Å². The number of hydrogen-bond acceptors (Lipinski definition) is 3. The minimum atomic E-state index is 0.666. The van der Waals surface area contributed by atoms with Crippen molar-refractivity contribution in [2.45, 2.75) is 12.8 Å². The number of methoxy groups -OCH3 is 1. The Morgan fingerprint density at radius 3 is 2.86 bits per heavy atom. The van der Waals surface area contributed by atoms with Crippen LogP contribution >= 0.6 is 0 Å². The number of aliphatic imine (C=N–C) groups is 1. The van der Waals surface area contributed by atoms with E-state index in [-0.39, 0.29) is 0 Å². The van der Waals surface area contributed by atoms with E-state index in [0.717, 1.165) is 48.7 Å². The van der Waals surface area contributed by atoms with E-state index in [1.54, 1.807) is 14.2 Å². The summed E-state index contributed by atoms with van der Waals surface area (Å²) in [5.74, 6) is 1.83. The zero-order valence-electron chi connectivity index (χ0n) is 12.6. The van der Waals surface area contributed by atoms with Crippen molar-refractivity contribution < 1.29 is 4.74 Å². The summed E-state index contributed by atoms with van der Waals surface area (Å²) < 4.78 is 4.99. The fourth-order valence-electron chi connectivity index (χ4n) is 2.08. The van der Waals surface area contributed by atoms with Gasteiger partial charge in [-0.3, -0.25) is 4.99 Å². The molecule has 0 amide bonds. The molecule has 114 valence electrons. The summed E-state index contributed by atoms with van der Waals surface area (Å²) in [5.41, 5.74) is 2.12. The summed E-state index contributed by atoms with van der Waals surface area (Å²) >= 11 is 0. The van der Waals surface area contributed by atoms with E-state index >= 15 is 0 Å². The third-order valence-electron chi connectivity index (χ3n) is 3.14. The van der Waals surface area contributed by atoms with Crippen LogP contribution in [0.5, 0.6) is 0 Å². The van der Waals surface area contributed by atoms with Crippen LogP contribution in [0.3, 0.4) is 0 Å². The van der Waals surface area contributed by atoms with Crippen molar-refractivity contribution in [3.05, 3.63) is 30.1 Å². The predicted molar refractivity (Wildman–Crippen MR) is 85.7 cm³/mol. The zero-order valence-corrected chi connectivity index (χ0v) is 12.6. The molecule has 21 heavy (non-hydrogen) atoms. The average molecular weight is 289 g/mol. The quantitative estimate of drug-likeness (QED) is 0.408. The van der Waals surface area contributed by atoms with E-state index in [1.807, 2.05) is 24.3 Å².